The van der Waals surface area contributed by atoms with E-state index < -0.39 is 18.3 Å². The summed E-state index contributed by atoms with van der Waals surface area (Å²) in [6, 6.07) is 7.50. The van der Waals surface area contributed by atoms with E-state index in [0.717, 1.165) is 18.3 Å². The Hall–Kier alpha value is -1.37. The van der Waals surface area contributed by atoms with Crippen LogP contribution in [0.5, 0.6) is 0 Å². The Morgan fingerprint density at radius 3 is 2.24 bits per heavy atom. The van der Waals surface area contributed by atoms with Gasteiger partial charge in [0.15, 0.2) is 0 Å². The Morgan fingerprint density at radius 2 is 1.64 bits per heavy atom. The molecular weight excluding hydrogens is 317 g/mol. The van der Waals surface area contributed by atoms with E-state index in [9.17, 15) is 4.79 Å². The van der Waals surface area contributed by atoms with Crippen LogP contribution in [0.2, 0.25) is 0 Å². The van der Waals surface area contributed by atoms with Gasteiger partial charge in [-0.05, 0) is 65.1 Å². The normalized spacial score (nSPS) is 24.1. The maximum absolute atomic E-state index is 12.7. The van der Waals surface area contributed by atoms with Crippen LogP contribution < -0.4 is 10.8 Å². The minimum atomic E-state index is -0.462. The van der Waals surface area contributed by atoms with E-state index in [1.165, 1.54) is 0 Å². The van der Waals surface area contributed by atoms with Crippen molar-refractivity contribution in [2.24, 2.45) is 0 Å². The van der Waals surface area contributed by atoms with Gasteiger partial charge in [-0.2, -0.15) is 0 Å². The summed E-state index contributed by atoms with van der Waals surface area (Å²) in [5.41, 5.74) is 0.482. The first-order valence-electron chi connectivity index (χ1n) is 8.98. The molecule has 1 aromatic rings. The lowest BCUT2D eigenvalue weighted by Crippen LogP contribution is -2.49. The number of carbonyl (C=O) groups excluding carboxylic acids is 1. The second kappa shape index (κ2) is 6.42. The highest BCUT2D eigenvalue weighted by atomic mass is 16.7. The standard InChI is InChI=1S/C19H28BNO4/c1-17(2)18(3,4)25-20(24-17)15-8-6-7-14(13-15)16(22)21-19(5)9-11-23-12-10-19/h6-8,13H,9-12H2,1-5H3,(H,21,22). The average molecular weight is 345 g/mol. The summed E-state index contributed by atoms with van der Waals surface area (Å²) in [6.45, 7) is 11.5. The Bertz CT molecular complexity index is 637. The molecule has 1 aromatic carbocycles. The maximum atomic E-state index is 12.7. The summed E-state index contributed by atoms with van der Waals surface area (Å²) < 4.78 is 17.6. The van der Waals surface area contributed by atoms with Crippen LogP contribution >= 0.6 is 0 Å². The molecule has 0 bridgehead atoms. The van der Waals surface area contributed by atoms with Gasteiger partial charge >= 0.3 is 7.12 Å². The zero-order chi connectivity index (χ0) is 18.3. The third-order valence-corrected chi connectivity index (χ3v) is 5.69. The first-order chi connectivity index (χ1) is 11.6. The van der Waals surface area contributed by atoms with Crippen LogP contribution in [-0.2, 0) is 14.0 Å². The number of ether oxygens (including phenoxy) is 1. The van der Waals surface area contributed by atoms with E-state index in [1.807, 2.05) is 52.0 Å². The second-order valence-electron chi connectivity index (χ2n) is 8.34. The summed E-state index contributed by atoms with van der Waals surface area (Å²) in [5, 5.41) is 3.16. The lowest BCUT2D eigenvalue weighted by Gasteiger charge is -2.34. The van der Waals surface area contributed by atoms with E-state index in [-0.39, 0.29) is 11.4 Å². The molecule has 0 spiro atoms. The van der Waals surface area contributed by atoms with Gasteiger partial charge in [-0.15, -0.1) is 0 Å². The van der Waals surface area contributed by atoms with E-state index in [1.54, 1.807) is 0 Å². The van der Waals surface area contributed by atoms with Gasteiger partial charge in [-0.1, -0.05) is 12.1 Å². The second-order valence-corrected chi connectivity index (χ2v) is 8.34. The molecule has 0 radical (unpaired) electrons. The highest BCUT2D eigenvalue weighted by Gasteiger charge is 2.51. The van der Waals surface area contributed by atoms with Gasteiger partial charge in [-0.25, -0.2) is 0 Å². The molecule has 2 saturated heterocycles. The van der Waals surface area contributed by atoms with E-state index in [4.69, 9.17) is 14.0 Å². The van der Waals surface area contributed by atoms with Crippen LogP contribution in [0, 0.1) is 0 Å². The number of hydrogen-bond donors (Lipinski definition) is 1. The Balaban J connectivity index is 1.75. The molecule has 5 nitrogen and oxygen atoms in total. The molecule has 2 aliphatic rings. The summed E-state index contributed by atoms with van der Waals surface area (Å²) in [7, 11) is -0.462. The van der Waals surface area contributed by atoms with Crippen LogP contribution in [-0.4, -0.2) is 43.0 Å². The van der Waals surface area contributed by atoms with Crippen molar-refractivity contribution in [2.45, 2.75) is 64.2 Å². The summed E-state index contributed by atoms with van der Waals surface area (Å²) in [6.07, 6.45) is 1.66. The molecule has 0 aromatic heterocycles. The van der Waals surface area contributed by atoms with Crippen LogP contribution in [0.4, 0.5) is 0 Å². The Labute approximate surface area is 150 Å². The van der Waals surface area contributed by atoms with Crippen molar-refractivity contribution in [2.75, 3.05) is 13.2 Å². The topological polar surface area (TPSA) is 56.8 Å². The maximum Gasteiger partial charge on any atom is 0.494 e. The summed E-state index contributed by atoms with van der Waals surface area (Å²) in [4.78, 5) is 12.7. The third-order valence-electron chi connectivity index (χ3n) is 5.69. The number of rotatable bonds is 3. The largest absolute Gasteiger partial charge is 0.494 e. The third kappa shape index (κ3) is 3.76. The molecule has 25 heavy (non-hydrogen) atoms. The van der Waals surface area contributed by atoms with Crippen LogP contribution in [0.25, 0.3) is 0 Å². The Kier molecular flexibility index (Phi) is 4.73. The zero-order valence-electron chi connectivity index (χ0n) is 15.8. The fourth-order valence-corrected chi connectivity index (χ4v) is 3.10. The predicted molar refractivity (Wildman–Crippen MR) is 98.1 cm³/mol. The van der Waals surface area contributed by atoms with Gasteiger partial charge in [0.2, 0.25) is 0 Å². The van der Waals surface area contributed by atoms with Gasteiger partial charge in [-0.3, -0.25) is 4.79 Å². The van der Waals surface area contributed by atoms with E-state index in [2.05, 4.69) is 12.2 Å². The molecule has 0 unspecified atom stereocenters. The van der Waals surface area contributed by atoms with Crippen molar-refractivity contribution in [1.82, 2.24) is 5.32 Å². The monoisotopic (exact) mass is 345 g/mol. The highest BCUT2D eigenvalue weighted by molar-refractivity contribution is 6.62. The quantitative estimate of drug-likeness (QED) is 0.854. The van der Waals surface area contributed by atoms with Crippen molar-refractivity contribution in [3.63, 3.8) is 0 Å². The molecule has 136 valence electrons. The van der Waals surface area contributed by atoms with Gasteiger partial charge < -0.3 is 19.4 Å². The first-order valence-corrected chi connectivity index (χ1v) is 8.98. The number of nitrogens with one attached hydrogen (secondary N) is 1. The molecule has 2 aliphatic heterocycles. The number of benzene rings is 1. The molecule has 1 N–H and O–H groups in total. The smallest absolute Gasteiger partial charge is 0.399 e. The summed E-state index contributed by atoms with van der Waals surface area (Å²) in [5.74, 6) is -0.0669. The number of carbonyl (C=O) groups is 1. The van der Waals surface area contributed by atoms with Gasteiger partial charge in [0.05, 0.1) is 11.2 Å². The zero-order valence-corrected chi connectivity index (χ0v) is 15.8. The fraction of sp³-hybridized carbons (Fsp3) is 0.632. The fourth-order valence-electron chi connectivity index (χ4n) is 3.10. The molecule has 0 aliphatic carbocycles. The van der Waals surface area contributed by atoms with Crippen molar-refractivity contribution in [3.8, 4) is 0 Å². The van der Waals surface area contributed by atoms with Gasteiger partial charge in [0, 0.05) is 24.3 Å². The van der Waals surface area contributed by atoms with Crippen LogP contribution in [0.15, 0.2) is 24.3 Å². The van der Waals surface area contributed by atoms with Crippen LogP contribution in [0.3, 0.4) is 0 Å². The predicted octanol–water partition coefficient (Wildman–Crippen LogP) is 2.28. The van der Waals surface area contributed by atoms with E-state index >= 15 is 0 Å². The number of amides is 1. The number of hydrogen-bond acceptors (Lipinski definition) is 4. The molecule has 2 fully saturated rings. The lowest BCUT2D eigenvalue weighted by molar-refractivity contribution is 0.00578. The van der Waals surface area contributed by atoms with Crippen LogP contribution in [0.1, 0.15) is 57.8 Å². The van der Waals surface area contributed by atoms with Crippen molar-refractivity contribution < 1.29 is 18.8 Å². The van der Waals surface area contributed by atoms with Gasteiger partial charge in [0.1, 0.15) is 0 Å². The molecule has 1 amide bonds. The lowest BCUT2D eigenvalue weighted by atomic mass is 9.78. The first kappa shape index (κ1) is 18.4. The van der Waals surface area contributed by atoms with Crippen molar-refractivity contribution in [3.05, 3.63) is 29.8 Å². The van der Waals surface area contributed by atoms with E-state index in [0.29, 0.717) is 18.8 Å². The molecule has 3 rings (SSSR count). The molecular formula is C19H28BNO4. The minimum Gasteiger partial charge on any atom is -0.399 e. The molecule has 0 atom stereocenters. The summed E-state index contributed by atoms with van der Waals surface area (Å²) >= 11 is 0. The molecule has 6 heteroatoms. The molecule has 0 saturated carbocycles. The minimum absolute atomic E-state index is 0.0669. The highest BCUT2D eigenvalue weighted by Crippen LogP contribution is 2.36. The molecule has 2 heterocycles. The van der Waals surface area contributed by atoms with Crippen molar-refractivity contribution in [1.29, 1.82) is 0 Å². The van der Waals surface area contributed by atoms with Gasteiger partial charge in [0.25, 0.3) is 5.91 Å². The Morgan fingerprint density at radius 1 is 1.04 bits per heavy atom. The SMILES string of the molecule is CC1(NC(=O)c2cccc(B3OC(C)(C)C(C)(C)O3)c2)CCOCC1. The average Bonchev–Trinajstić information content (AvgIpc) is 2.76. The van der Waals surface area contributed by atoms with Crippen molar-refractivity contribution >= 4 is 18.5 Å².